The number of alkyl halides is 2. The van der Waals surface area contributed by atoms with Gasteiger partial charge >= 0.3 is 5.69 Å². The first kappa shape index (κ1) is 28.1. The van der Waals surface area contributed by atoms with Crippen LogP contribution >= 0.6 is 0 Å². The highest BCUT2D eigenvalue weighted by Gasteiger charge is 2.44. The molecule has 0 aliphatic carbocycles. The molecule has 226 valence electrons. The molecule has 2 aliphatic heterocycles. The van der Waals surface area contributed by atoms with Crippen LogP contribution in [0.2, 0.25) is 0 Å². The van der Waals surface area contributed by atoms with Crippen LogP contribution in [0, 0.1) is 11.2 Å². The maximum absolute atomic E-state index is 14.4. The molecule has 1 unspecified atom stereocenters. The number of anilines is 1. The highest BCUT2D eigenvalue weighted by molar-refractivity contribution is 5.75. The number of halogens is 3. The number of ether oxygens (including phenoxy) is 1. The zero-order valence-corrected chi connectivity index (χ0v) is 24.1. The highest BCUT2D eigenvalue weighted by Crippen LogP contribution is 2.42. The Bertz CT molecular complexity index is 1880. The maximum Gasteiger partial charge on any atom is 0.323 e. The summed E-state index contributed by atoms with van der Waals surface area (Å²) in [6.07, 6.45) is 5.24. The average molecular weight is 601 g/mol. The summed E-state index contributed by atoms with van der Waals surface area (Å²) in [4.78, 5) is 31.0. The predicted octanol–water partition coefficient (Wildman–Crippen LogP) is 6.46. The van der Waals surface area contributed by atoms with E-state index in [1.807, 2.05) is 12.1 Å². The Morgan fingerprint density at radius 2 is 1.70 bits per heavy atom. The molecule has 2 fully saturated rings. The van der Waals surface area contributed by atoms with E-state index in [0.717, 1.165) is 69.1 Å². The van der Waals surface area contributed by atoms with Crippen molar-refractivity contribution in [3.8, 4) is 22.6 Å². The lowest BCUT2D eigenvalue weighted by molar-refractivity contribution is 0.0181. The fourth-order valence-electron chi connectivity index (χ4n) is 6.59. The van der Waals surface area contributed by atoms with E-state index >= 15 is 0 Å². The third-order valence-electron chi connectivity index (χ3n) is 8.70. The van der Waals surface area contributed by atoms with Gasteiger partial charge in [-0.1, -0.05) is 30.3 Å². The summed E-state index contributed by atoms with van der Waals surface area (Å²) in [5, 5.41) is 0. The lowest BCUT2D eigenvalue weighted by Crippen LogP contribution is -2.31. The van der Waals surface area contributed by atoms with Gasteiger partial charge in [-0.3, -0.25) is 4.90 Å². The van der Waals surface area contributed by atoms with Crippen molar-refractivity contribution in [2.24, 2.45) is 5.41 Å². The standard InChI is InChI=1S/C33H31F3N6O2/c1-32(35,36)26-5-3-2-4-24(26)25-15-22(34)7-9-29(25)44-23-16-37-30(38-17-23)42-13-11-33(20-42)10-12-41(19-33)18-21-6-8-27-28(14-21)40-31(43)39-27/h2-9,14-17H,10-13,18-20H2,1H3,(H2,39,40,43). The molecule has 1 atom stereocenters. The molecule has 0 amide bonds. The van der Waals surface area contributed by atoms with Crippen LogP contribution in [-0.4, -0.2) is 51.0 Å². The van der Waals surface area contributed by atoms with Crippen molar-refractivity contribution in [1.29, 1.82) is 0 Å². The fraction of sp³-hybridized carbons (Fsp3) is 0.303. The summed E-state index contributed by atoms with van der Waals surface area (Å²) in [5.41, 5.74) is 2.95. The molecule has 11 heteroatoms. The van der Waals surface area contributed by atoms with Crippen molar-refractivity contribution in [2.45, 2.75) is 32.2 Å². The Balaban J connectivity index is 1.03. The normalized spacial score (nSPS) is 19.0. The number of hydrogen-bond acceptors (Lipinski definition) is 6. The van der Waals surface area contributed by atoms with Crippen LogP contribution in [0.5, 0.6) is 11.5 Å². The number of imidazole rings is 1. The molecule has 0 saturated carbocycles. The Hall–Kier alpha value is -4.64. The minimum atomic E-state index is -3.12. The second-order valence-corrected chi connectivity index (χ2v) is 12.0. The minimum Gasteiger partial charge on any atom is -0.453 e. The van der Waals surface area contributed by atoms with E-state index in [0.29, 0.717) is 11.7 Å². The molecule has 0 radical (unpaired) electrons. The lowest BCUT2D eigenvalue weighted by Gasteiger charge is -2.25. The van der Waals surface area contributed by atoms with E-state index in [-0.39, 0.29) is 33.5 Å². The number of H-pyrrole nitrogens is 2. The zero-order chi connectivity index (χ0) is 30.5. The van der Waals surface area contributed by atoms with Crippen LogP contribution in [0.4, 0.5) is 19.1 Å². The molecule has 7 rings (SSSR count). The van der Waals surface area contributed by atoms with E-state index in [2.05, 4.69) is 35.8 Å². The van der Waals surface area contributed by atoms with Crippen molar-refractivity contribution in [2.75, 3.05) is 31.1 Å². The highest BCUT2D eigenvalue weighted by atomic mass is 19.3. The molecule has 2 N–H and O–H groups in total. The number of hydrogen-bond donors (Lipinski definition) is 2. The summed E-state index contributed by atoms with van der Waals surface area (Å²) in [6, 6.07) is 15.9. The van der Waals surface area contributed by atoms with Gasteiger partial charge in [0.2, 0.25) is 5.95 Å². The van der Waals surface area contributed by atoms with Crippen molar-refractivity contribution in [3.63, 3.8) is 0 Å². The van der Waals surface area contributed by atoms with Gasteiger partial charge in [0.1, 0.15) is 11.6 Å². The van der Waals surface area contributed by atoms with Crippen molar-refractivity contribution in [1.82, 2.24) is 24.8 Å². The molecule has 2 aromatic heterocycles. The Labute approximate surface area is 251 Å². The van der Waals surface area contributed by atoms with Crippen molar-refractivity contribution in [3.05, 3.63) is 100 Å². The quantitative estimate of drug-likeness (QED) is 0.223. The third kappa shape index (κ3) is 5.55. The van der Waals surface area contributed by atoms with Gasteiger partial charge in [0.05, 0.1) is 23.4 Å². The summed E-state index contributed by atoms with van der Waals surface area (Å²) in [7, 11) is 0. The Morgan fingerprint density at radius 1 is 0.932 bits per heavy atom. The van der Waals surface area contributed by atoms with Gasteiger partial charge in [0.15, 0.2) is 5.75 Å². The largest absolute Gasteiger partial charge is 0.453 e. The van der Waals surface area contributed by atoms with Crippen LogP contribution < -0.4 is 15.3 Å². The maximum atomic E-state index is 14.4. The minimum absolute atomic E-state index is 0.156. The van der Waals surface area contributed by atoms with Gasteiger partial charge < -0.3 is 19.6 Å². The number of aromatic amines is 2. The van der Waals surface area contributed by atoms with Crippen molar-refractivity contribution < 1.29 is 17.9 Å². The van der Waals surface area contributed by atoms with Gasteiger partial charge in [-0.05, 0) is 60.8 Å². The smallest absolute Gasteiger partial charge is 0.323 e. The van der Waals surface area contributed by atoms with Crippen LogP contribution in [0.1, 0.15) is 30.9 Å². The molecule has 1 spiro atoms. The van der Waals surface area contributed by atoms with E-state index in [1.54, 1.807) is 18.5 Å². The molecule has 3 aromatic carbocycles. The topological polar surface area (TPSA) is 90.1 Å². The molecule has 4 heterocycles. The summed E-state index contributed by atoms with van der Waals surface area (Å²) in [6.45, 7) is 5.29. The second kappa shape index (κ2) is 10.8. The van der Waals surface area contributed by atoms with Gasteiger partial charge in [-0.2, -0.15) is 0 Å². The number of nitrogens with zero attached hydrogens (tertiary/aromatic N) is 4. The third-order valence-corrected chi connectivity index (χ3v) is 8.70. The van der Waals surface area contributed by atoms with Crippen LogP contribution in [0.15, 0.2) is 77.9 Å². The molecular weight excluding hydrogens is 569 g/mol. The number of rotatable bonds is 7. The Kier molecular flexibility index (Phi) is 6.92. The van der Waals surface area contributed by atoms with Crippen LogP contribution in [0.25, 0.3) is 22.2 Å². The van der Waals surface area contributed by atoms with Gasteiger partial charge in [-0.25, -0.2) is 27.9 Å². The lowest BCUT2D eigenvalue weighted by atomic mass is 9.86. The Morgan fingerprint density at radius 3 is 2.52 bits per heavy atom. The number of likely N-dealkylation sites (tertiary alicyclic amines) is 1. The number of aromatic nitrogens is 4. The number of nitrogens with one attached hydrogen (secondary N) is 2. The molecule has 8 nitrogen and oxygen atoms in total. The van der Waals surface area contributed by atoms with Gasteiger partial charge in [0, 0.05) is 49.6 Å². The first-order chi connectivity index (χ1) is 21.1. The molecule has 2 aliphatic rings. The van der Waals surface area contributed by atoms with Crippen LogP contribution in [-0.2, 0) is 12.5 Å². The first-order valence-corrected chi connectivity index (χ1v) is 14.6. The average Bonchev–Trinajstić information content (AvgIpc) is 3.71. The predicted molar refractivity (Wildman–Crippen MR) is 162 cm³/mol. The number of benzene rings is 3. The summed E-state index contributed by atoms with van der Waals surface area (Å²) in [5.74, 6) is -2.52. The molecular formula is C33H31F3N6O2. The first-order valence-electron chi connectivity index (χ1n) is 14.6. The molecule has 5 aromatic rings. The molecule has 2 saturated heterocycles. The summed E-state index contributed by atoms with van der Waals surface area (Å²) < 4.78 is 49.0. The van der Waals surface area contributed by atoms with Crippen LogP contribution in [0.3, 0.4) is 0 Å². The SMILES string of the molecule is CC(F)(F)c1ccccc1-c1cc(F)ccc1Oc1cnc(N2CCC3(CCN(Cc4ccc5[nH]c(=O)[nH]c5c4)C3)C2)nc1. The molecule has 0 bridgehead atoms. The van der Waals surface area contributed by atoms with Gasteiger partial charge in [-0.15, -0.1) is 0 Å². The van der Waals surface area contributed by atoms with E-state index in [9.17, 15) is 18.0 Å². The summed E-state index contributed by atoms with van der Waals surface area (Å²) >= 11 is 0. The second-order valence-electron chi connectivity index (χ2n) is 12.0. The van der Waals surface area contributed by atoms with Crippen molar-refractivity contribution >= 4 is 17.0 Å². The zero-order valence-electron chi connectivity index (χ0n) is 24.1. The monoisotopic (exact) mass is 600 g/mol. The molecule has 44 heavy (non-hydrogen) atoms. The number of fused-ring (bicyclic) bond motifs is 1. The van der Waals surface area contributed by atoms with Gasteiger partial charge in [0.25, 0.3) is 5.92 Å². The fourth-order valence-corrected chi connectivity index (χ4v) is 6.59. The van der Waals surface area contributed by atoms with E-state index in [1.165, 1.54) is 36.4 Å². The van der Waals surface area contributed by atoms with E-state index < -0.39 is 11.7 Å². The van der Waals surface area contributed by atoms with E-state index in [4.69, 9.17) is 4.74 Å².